The second-order valence-electron chi connectivity index (χ2n) is 5.15. The van der Waals surface area contributed by atoms with Crippen molar-refractivity contribution >= 4 is 16.5 Å². The molecule has 1 unspecified atom stereocenters. The Morgan fingerprint density at radius 2 is 2.26 bits per heavy atom. The highest BCUT2D eigenvalue weighted by molar-refractivity contribution is 7.15. The van der Waals surface area contributed by atoms with Crippen molar-refractivity contribution < 1.29 is 0 Å². The van der Waals surface area contributed by atoms with Crippen LogP contribution in [-0.2, 0) is 6.54 Å². The number of hydrogen-bond donors (Lipinski definition) is 1. The number of benzene rings is 1. The van der Waals surface area contributed by atoms with Gasteiger partial charge in [0.15, 0.2) is 5.13 Å². The maximum absolute atomic E-state index is 5.71. The molecule has 1 aliphatic heterocycles. The van der Waals surface area contributed by atoms with E-state index in [1.807, 2.05) is 6.20 Å². The van der Waals surface area contributed by atoms with E-state index >= 15 is 0 Å². The first kappa shape index (κ1) is 12.6. The Balaban J connectivity index is 1.80. The minimum Gasteiger partial charge on any atom is -0.375 e. The van der Waals surface area contributed by atoms with Gasteiger partial charge in [-0.3, -0.25) is 4.90 Å². The third-order valence-corrected chi connectivity index (χ3v) is 4.65. The van der Waals surface area contributed by atoms with Gasteiger partial charge in [-0.2, -0.15) is 0 Å². The summed E-state index contributed by atoms with van der Waals surface area (Å²) in [6.45, 7) is 4.33. The molecule has 0 aliphatic carbocycles. The average Bonchev–Trinajstić information content (AvgIpc) is 3.00. The lowest BCUT2D eigenvalue weighted by Gasteiger charge is -2.25. The highest BCUT2D eigenvalue weighted by atomic mass is 32.1. The summed E-state index contributed by atoms with van der Waals surface area (Å²) in [6, 6.07) is 9.27. The summed E-state index contributed by atoms with van der Waals surface area (Å²) in [4.78, 5) is 7.96. The second-order valence-corrected chi connectivity index (χ2v) is 6.30. The molecule has 0 spiro atoms. The van der Waals surface area contributed by atoms with Crippen LogP contribution in [0.25, 0.3) is 0 Å². The molecule has 19 heavy (non-hydrogen) atoms. The van der Waals surface area contributed by atoms with Gasteiger partial charge >= 0.3 is 0 Å². The third kappa shape index (κ3) is 2.65. The van der Waals surface area contributed by atoms with Crippen molar-refractivity contribution in [2.75, 3.05) is 12.3 Å². The number of rotatable bonds is 3. The molecule has 2 heterocycles. The summed E-state index contributed by atoms with van der Waals surface area (Å²) < 4.78 is 0. The van der Waals surface area contributed by atoms with E-state index in [9.17, 15) is 0 Å². The number of likely N-dealkylation sites (tertiary alicyclic amines) is 1. The van der Waals surface area contributed by atoms with Crippen molar-refractivity contribution in [1.29, 1.82) is 0 Å². The number of anilines is 1. The number of hydrogen-bond acceptors (Lipinski definition) is 4. The van der Waals surface area contributed by atoms with Gasteiger partial charge in [-0.1, -0.05) is 24.3 Å². The van der Waals surface area contributed by atoms with Crippen molar-refractivity contribution in [2.24, 2.45) is 0 Å². The van der Waals surface area contributed by atoms with Gasteiger partial charge in [0.05, 0.1) is 0 Å². The molecule has 1 atom stereocenters. The van der Waals surface area contributed by atoms with Crippen LogP contribution in [0.4, 0.5) is 5.13 Å². The molecule has 3 nitrogen and oxygen atoms in total. The van der Waals surface area contributed by atoms with E-state index in [2.05, 4.69) is 41.1 Å². The van der Waals surface area contributed by atoms with Crippen LogP contribution in [0, 0.1) is 6.92 Å². The molecule has 0 bridgehead atoms. The number of nitrogens with two attached hydrogens (primary N) is 1. The maximum atomic E-state index is 5.71. The van der Waals surface area contributed by atoms with Gasteiger partial charge in [-0.05, 0) is 37.4 Å². The molecule has 2 N–H and O–H groups in total. The van der Waals surface area contributed by atoms with E-state index < -0.39 is 0 Å². The van der Waals surface area contributed by atoms with Crippen LogP contribution in [-0.4, -0.2) is 16.4 Å². The van der Waals surface area contributed by atoms with Gasteiger partial charge in [-0.25, -0.2) is 4.98 Å². The summed E-state index contributed by atoms with van der Waals surface area (Å²) in [6.07, 6.45) is 4.43. The predicted octanol–water partition coefficient (Wildman–Crippen LogP) is 3.37. The molecule has 1 aromatic heterocycles. The lowest BCUT2D eigenvalue weighted by atomic mass is 9.99. The zero-order valence-corrected chi connectivity index (χ0v) is 12.0. The molecule has 0 radical (unpaired) electrons. The van der Waals surface area contributed by atoms with Crippen LogP contribution < -0.4 is 5.73 Å². The Bertz CT molecular complexity index is 564. The van der Waals surface area contributed by atoms with Crippen LogP contribution in [0.1, 0.15) is 34.9 Å². The number of nitrogen functional groups attached to an aromatic ring is 1. The standard InChI is InChI=1S/C15H19N3S/c1-11-5-2-3-6-13(11)14-7-4-8-18(14)10-12-9-17-15(16)19-12/h2-3,5-6,9,14H,4,7-8,10H2,1H3,(H2,16,17). The molecule has 3 rings (SSSR count). The Labute approximate surface area is 118 Å². The Hall–Kier alpha value is -1.39. The first-order valence-electron chi connectivity index (χ1n) is 6.74. The van der Waals surface area contributed by atoms with Crippen molar-refractivity contribution in [3.05, 3.63) is 46.5 Å². The molecule has 1 fully saturated rings. The summed E-state index contributed by atoms with van der Waals surface area (Å²) in [7, 11) is 0. The van der Waals surface area contributed by atoms with E-state index in [0.29, 0.717) is 11.2 Å². The van der Waals surface area contributed by atoms with E-state index in [0.717, 1.165) is 13.1 Å². The number of aryl methyl sites for hydroxylation is 1. The molecular weight excluding hydrogens is 254 g/mol. The van der Waals surface area contributed by atoms with Gasteiger partial charge in [0.1, 0.15) is 0 Å². The summed E-state index contributed by atoms with van der Waals surface area (Å²) in [5, 5.41) is 0.668. The highest BCUT2D eigenvalue weighted by Gasteiger charge is 2.27. The van der Waals surface area contributed by atoms with E-state index in [4.69, 9.17) is 5.73 Å². The minimum atomic E-state index is 0.546. The zero-order valence-electron chi connectivity index (χ0n) is 11.2. The number of aromatic nitrogens is 1. The van der Waals surface area contributed by atoms with Crippen LogP contribution >= 0.6 is 11.3 Å². The first-order chi connectivity index (χ1) is 9.24. The molecule has 1 aliphatic rings. The maximum Gasteiger partial charge on any atom is 0.180 e. The van der Waals surface area contributed by atoms with Crippen LogP contribution in [0.15, 0.2) is 30.5 Å². The molecule has 0 saturated carbocycles. The lowest BCUT2D eigenvalue weighted by molar-refractivity contribution is 0.250. The topological polar surface area (TPSA) is 42.2 Å². The summed E-state index contributed by atoms with van der Waals surface area (Å²) in [5.41, 5.74) is 8.57. The van der Waals surface area contributed by atoms with Crippen LogP contribution in [0.5, 0.6) is 0 Å². The molecule has 1 saturated heterocycles. The first-order valence-corrected chi connectivity index (χ1v) is 7.55. The monoisotopic (exact) mass is 273 g/mol. The van der Waals surface area contributed by atoms with Crippen molar-refractivity contribution in [1.82, 2.24) is 9.88 Å². The quantitative estimate of drug-likeness (QED) is 0.932. The van der Waals surface area contributed by atoms with E-state index in [-0.39, 0.29) is 0 Å². The summed E-state index contributed by atoms with van der Waals surface area (Å²) in [5.74, 6) is 0. The minimum absolute atomic E-state index is 0.546. The number of nitrogens with zero attached hydrogens (tertiary/aromatic N) is 2. The number of thiazole rings is 1. The van der Waals surface area contributed by atoms with Crippen LogP contribution in [0.2, 0.25) is 0 Å². The second kappa shape index (κ2) is 5.31. The van der Waals surface area contributed by atoms with E-state index in [1.165, 1.54) is 28.8 Å². The molecule has 0 amide bonds. The molecule has 100 valence electrons. The molecule has 1 aromatic carbocycles. The van der Waals surface area contributed by atoms with Gasteiger partial charge in [-0.15, -0.1) is 11.3 Å². The van der Waals surface area contributed by atoms with Gasteiger partial charge in [0.25, 0.3) is 0 Å². The average molecular weight is 273 g/mol. The van der Waals surface area contributed by atoms with E-state index in [1.54, 1.807) is 11.3 Å². The van der Waals surface area contributed by atoms with Crippen molar-refractivity contribution in [3.63, 3.8) is 0 Å². The van der Waals surface area contributed by atoms with Gasteiger partial charge in [0, 0.05) is 23.7 Å². The fourth-order valence-electron chi connectivity index (χ4n) is 2.92. The fraction of sp³-hybridized carbons (Fsp3) is 0.400. The molecule has 4 heteroatoms. The molecular formula is C15H19N3S. The predicted molar refractivity (Wildman–Crippen MR) is 80.1 cm³/mol. The largest absolute Gasteiger partial charge is 0.375 e. The lowest BCUT2D eigenvalue weighted by Crippen LogP contribution is -2.22. The summed E-state index contributed by atoms with van der Waals surface area (Å²) >= 11 is 1.60. The fourth-order valence-corrected chi connectivity index (χ4v) is 3.63. The normalized spacial score (nSPS) is 19.9. The Morgan fingerprint density at radius 3 is 3.00 bits per heavy atom. The zero-order chi connectivity index (χ0) is 13.2. The van der Waals surface area contributed by atoms with Gasteiger partial charge in [0.2, 0.25) is 0 Å². The Morgan fingerprint density at radius 1 is 1.42 bits per heavy atom. The smallest absolute Gasteiger partial charge is 0.180 e. The molecule has 2 aromatic rings. The third-order valence-electron chi connectivity index (χ3n) is 3.84. The van der Waals surface area contributed by atoms with Crippen LogP contribution in [0.3, 0.4) is 0 Å². The van der Waals surface area contributed by atoms with Crippen molar-refractivity contribution in [3.8, 4) is 0 Å². The Kier molecular flexibility index (Phi) is 3.53. The van der Waals surface area contributed by atoms with Crippen molar-refractivity contribution in [2.45, 2.75) is 32.4 Å². The van der Waals surface area contributed by atoms with Gasteiger partial charge < -0.3 is 5.73 Å². The highest BCUT2D eigenvalue weighted by Crippen LogP contribution is 2.35. The SMILES string of the molecule is Cc1ccccc1C1CCCN1Cc1cnc(N)s1.